The summed E-state index contributed by atoms with van der Waals surface area (Å²) in [4.78, 5) is 24.9. The van der Waals surface area contributed by atoms with Crippen molar-refractivity contribution in [2.24, 2.45) is 11.8 Å². The van der Waals surface area contributed by atoms with E-state index in [9.17, 15) is 9.59 Å². The average Bonchev–Trinajstić information content (AvgIpc) is 3.04. The molecule has 0 bridgehead atoms. The highest BCUT2D eigenvalue weighted by Crippen LogP contribution is 2.32. The van der Waals surface area contributed by atoms with E-state index in [1.807, 2.05) is 30.3 Å². The van der Waals surface area contributed by atoms with Crippen molar-refractivity contribution < 1.29 is 14.0 Å². The summed E-state index contributed by atoms with van der Waals surface area (Å²) in [5.74, 6) is 0.0631. The van der Waals surface area contributed by atoms with Crippen LogP contribution in [0.4, 0.5) is 0 Å². The number of rotatable bonds is 4. The van der Waals surface area contributed by atoms with Gasteiger partial charge >= 0.3 is 0 Å². The lowest BCUT2D eigenvalue weighted by Crippen LogP contribution is -2.35. The lowest BCUT2D eigenvalue weighted by atomic mass is 9.73. The van der Waals surface area contributed by atoms with Crippen molar-refractivity contribution in [3.8, 4) is 0 Å². The van der Waals surface area contributed by atoms with Crippen LogP contribution in [0.25, 0.3) is 0 Å². The predicted octanol–water partition coefficient (Wildman–Crippen LogP) is 3.69. The highest BCUT2D eigenvalue weighted by atomic mass is 16.3. The van der Waals surface area contributed by atoms with Crippen molar-refractivity contribution in [1.82, 2.24) is 0 Å². The van der Waals surface area contributed by atoms with Crippen molar-refractivity contribution in [2.75, 3.05) is 0 Å². The molecular formula is C18H18O3. The molecule has 1 aliphatic carbocycles. The molecule has 3 rings (SSSR count). The van der Waals surface area contributed by atoms with E-state index < -0.39 is 0 Å². The Balaban J connectivity index is 1.83. The van der Waals surface area contributed by atoms with Crippen LogP contribution in [0.3, 0.4) is 0 Å². The van der Waals surface area contributed by atoms with Crippen molar-refractivity contribution in [2.45, 2.75) is 25.7 Å². The van der Waals surface area contributed by atoms with E-state index in [-0.39, 0.29) is 23.4 Å². The Hall–Kier alpha value is -2.16. The van der Waals surface area contributed by atoms with Crippen molar-refractivity contribution >= 4 is 11.6 Å². The van der Waals surface area contributed by atoms with Gasteiger partial charge in [0, 0.05) is 18.3 Å². The summed E-state index contributed by atoms with van der Waals surface area (Å²) < 4.78 is 5.22. The molecular weight excluding hydrogens is 264 g/mol. The van der Waals surface area contributed by atoms with Gasteiger partial charge in [0.15, 0.2) is 5.76 Å². The number of Topliss-reactive ketones (excluding diaryl/α,β-unsaturated/α-hetero) is 2. The smallest absolute Gasteiger partial charge is 0.201 e. The zero-order valence-corrected chi connectivity index (χ0v) is 11.8. The molecule has 0 saturated heterocycles. The number of benzene rings is 1. The first-order valence-electron chi connectivity index (χ1n) is 7.40. The molecule has 0 N–H and O–H groups in total. The van der Waals surface area contributed by atoms with Gasteiger partial charge in [-0.25, -0.2) is 0 Å². The molecule has 1 aliphatic rings. The van der Waals surface area contributed by atoms with Crippen LogP contribution in [0, 0.1) is 11.8 Å². The van der Waals surface area contributed by atoms with Gasteiger partial charge in [-0.05, 0) is 37.0 Å². The maximum Gasteiger partial charge on any atom is 0.201 e. The summed E-state index contributed by atoms with van der Waals surface area (Å²) in [6, 6.07) is 13.3. The summed E-state index contributed by atoms with van der Waals surface area (Å²) in [6.07, 6.45) is 4.28. The first kappa shape index (κ1) is 13.8. The fourth-order valence-electron chi connectivity index (χ4n) is 3.15. The van der Waals surface area contributed by atoms with Gasteiger partial charge in [-0.1, -0.05) is 30.3 Å². The third-order valence-corrected chi connectivity index (χ3v) is 4.24. The Bertz CT molecular complexity index is 613. The molecule has 0 unspecified atom stereocenters. The minimum atomic E-state index is -0.252. The zero-order chi connectivity index (χ0) is 14.7. The minimum Gasteiger partial charge on any atom is -0.461 e. The molecule has 2 aromatic rings. The molecule has 0 radical (unpaired) electrons. The highest BCUT2D eigenvalue weighted by molar-refractivity contribution is 5.99. The maximum absolute atomic E-state index is 12.6. The Labute approximate surface area is 124 Å². The van der Waals surface area contributed by atoms with E-state index in [0.29, 0.717) is 18.6 Å². The van der Waals surface area contributed by atoms with E-state index >= 15 is 0 Å². The first-order valence-corrected chi connectivity index (χ1v) is 7.40. The van der Waals surface area contributed by atoms with Crippen molar-refractivity contribution in [1.29, 1.82) is 0 Å². The SMILES string of the molecule is O=C1CCC[C@@H](C(=O)c2ccco2)[C@@H]1Cc1ccccc1. The van der Waals surface area contributed by atoms with E-state index in [4.69, 9.17) is 4.42 Å². The molecule has 0 aliphatic heterocycles. The lowest BCUT2D eigenvalue weighted by Gasteiger charge is -2.28. The Morgan fingerprint density at radius 2 is 1.95 bits per heavy atom. The summed E-state index contributed by atoms with van der Waals surface area (Å²) in [5.41, 5.74) is 1.11. The molecule has 21 heavy (non-hydrogen) atoms. The Kier molecular flexibility index (Phi) is 4.00. The van der Waals surface area contributed by atoms with Gasteiger partial charge in [0.05, 0.1) is 6.26 Å². The fraction of sp³-hybridized carbons (Fsp3) is 0.333. The standard InChI is InChI=1S/C18H18O3/c19-16-9-4-8-14(18(20)17-10-5-11-21-17)15(16)12-13-6-2-1-3-7-13/h1-3,5-7,10-11,14-15H,4,8-9,12H2/t14-,15+/m1/s1. The van der Waals surface area contributed by atoms with Crippen LogP contribution in [0.1, 0.15) is 35.4 Å². The van der Waals surface area contributed by atoms with Gasteiger partial charge in [0.1, 0.15) is 5.78 Å². The largest absolute Gasteiger partial charge is 0.461 e. The number of hydrogen-bond acceptors (Lipinski definition) is 3. The lowest BCUT2D eigenvalue weighted by molar-refractivity contribution is -0.126. The molecule has 3 nitrogen and oxygen atoms in total. The van der Waals surface area contributed by atoms with Gasteiger partial charge in [0.2, 0.25) is 5.78 Å². The highest BCUT2D eigenvalue weighted by Gasteiger charge is 2.37. The monoisotopic (exact) mass is 282 g/mol. The predicted molar refractivity (Wildman–Crippen MR) is 79.0 cm³/mol. The number of hydrogen-bond donors (Lipinski definition) is 0. The molecule has 1 aromatic carbocycles. The van der Waals surface area contributed by atoms with E-state index in [0.717, 1.165) is 18.4 Å². The van der Waals surface area contributed by atoms with Crippen LogP contribution in [-0.4, -0.2) is 11.6 Å². The molecule has 2 atom stereocenters. The number of ketones is 2. The molecule has 108 valence electrons. The van der Waals surface area contributed by atoms with Crippen LogP contribution in [0.15, 0.2) is 53.1 Å². The van der Waals surface area contributed by atoms with Crippen LogP contribution >= 0.6 is 0 Å². The second-order valence-corrected chi connectivity index (χ2v) is 5.60. The van der Waals surface area contributed by atoms with Crippen LogP contribution in [-0.2, 0) is 11.2 Å². The average molecular weight is 282 g/mol. The van der Waals surface area contributed by atoms with Gasteiger partial charge in [-0.3, -0.25) is 9.59 Å². The summed E-state index contributed by atoms with van der Waals surface area (Å²) in [7, 11) is 0. The second kappa shape index (κ2) is 6.08. The summed E-state index contributed by atoms with van der Waals surface area (Å²) >= 11 is 0. The van der Waals surface area contributed by atoms with Gasteiger partial charge in [0.25, 0.3) is 0 Å². The molecule has 3 heteroatoms. The molecule has 1 aromatic heterocycles. The third kappa shape index (κ3) is 2.97. The minimum absolute atomic E-state index is 0.0334. The fourth-order valence-corrected chi connectivity index (χ4v) is 3.15. The second-order valence-electron chi connectivity index (χ2n) is 5.60. The van der Waals surface area contributed by atoms with E-state index in [2.05, 4.69) is 0 Å². The molecule has 0 amide bonds. The molecule has 0 spiro atoms. The topological polar surface area (TPSA) is 47.3 Å². The molecule has 1 heterocycles. The Morgan fingerprint density at radius 3 is 2.67 bits per heavy atom. The van der Waals surface area contributed by atoms with E-state index in [1.165, 1.54) is 6.26 Å². The van der Waals surface area contributed by atoms with Crippen LogP contribution in [0.5, 0.6) is 0 Å². The van der Waals surface area contributed by atoms with Gasteiger partial charge in [-0.2, -0.15) is 0 Å². The van der Waals surface area contributed by atoms with Crippen LogP contribution in [0.2, 0.25) is 0 Å². The molecule has 1 fully saturated rings. The van der Waals surface area contributed by atoms with Crippen molar-refractivity contribution in [3.63, 3.8) is 0 Å². The third-order valence-electron chi connectivity index (χ3n) is 4.24. The number of carbonyl (C=O) groups is 2. The normalized spacial score (nSPS) is 22.2. The van der Waals surface area contributed by atoms with Gasteiger partial charge < -0.3 is 4.42 Å². The maximum atomic E-state index is 12.6. The first-order chi connectivity index (χ1) is 10.3. The van der Waals surface area contributed by atoms with Crippen molar-refractivity contribution in [3.05, 3.63) is 60.1 Å². The van der Waals surface area contributed by atoms with Crippen LogP contribution < -0.4 is 0 Å². The summed E-state index contributed by atoms with van der Waals surface area (Å²) in [6.45, 7) is 0. The molecule has 1 saturated carbocycles. The number of carbonyl (C=O) groups excluding carboxylic acids is 2. The quantitative estimate of drug-likeness (QED) is 0.803. The zero-order valence-electron chi connectivity index (χ0n) is 11.8. The van der Waals surface area contributed by atoms with Gasteiger partial charge in [-0.15, -0.1) is 0 Å². The number of furan rings is 1. The summed E-state index contributed by atoms with van der Waals surface area (Å²) in [5, 5.41) is 0. The Morgan fingerprint density at radius 1 is 1.14 bits per heavy atom. The van der Waals surface area contributed by atoms with E-state index in [1.54, 1.807) is 12.1 Å².